The third-order valence-electron chi connectivity index (χ3n) is 4.37. The van der Waals surface area contributed by atoms with E-state index in [9.17, 15) is 4.79 Å². The van der Waals surface area contributed by atoms with Crippen molar-refractivity contribution in [2.24, 2.45) is 11.7 Å². The molecule has 2 aliphatic heterocycles. The molecule has 1 fully saturated rings. The van der Waals surface area contributed by atoms with Gasteiger partial charge in [-0.3, -0.25) is 4.79 Å². The highest BCUT2D eigenvalue weighted by molar-refractivity contribution is 8.00. The van der Waals surface area contributed by atoms with Gasteiger partial charge < -0.3 is 10.6 Å². The first-order valence-electron chi connectivity index (χ1n) is 7.46. The van der Waals surface area contributed by atoms with Gasteiger partial charge in [0, 0.05) is 23.1 Å². The molecule has 20 heavy (non-hydrogen) atoms. The Morgan fingerprint density at radius 2 is 2.05 bits per heavy atom. The highest BCUT2D eigenvalue weighted by Gasteiger charge is 2.26. The molecule has 1 amide bonds. The van der Waals surface area contributed by atoms with E-state index in [1.54, 1.807) is 0 Å². The molecule has 3 rings (SSSR count). The molecule has 0 radical (unpaired) electrons. The smallest absolute Gasteiger partial charge is 0.217 e. The number of carbonyl (C=O) groups is 1. The molecule has 1 aromatic carbocycles. The van der Waals surface area contributed by atoms with Gasteiger partial charge in [-0.15, -0.1) is 11.8 Å². The van der Waals surface area contributed by atoms with Gasteiger partial charge in [0.05, 0.1) is 0 Å². The van der Waals surface area contributed by atoms with Crippen LogP contribution in [0.3, 0.4) is 0 Å². The average molecular weight is 290 g/mol. The van der Waals surface area contributed by atoms with Gasteiger partial charge in [-0.1, -0.05) is 18.2 Å². The Bertz CT molecular complexity index is 458. The first kappa shape index (κ1) is 14.0. The molecular formula is C16H22N2OS. The van der Waals surface area contributed by atoms with Gasteiger partial charge in [-0.05, 0) is 49.9 Å². The van der Waals surface area contributed by atoms with Crippen molar-refractivity contribution in [2.45, 2.75) is 35.8 Å². The number of fused-ring (bicyclic) bond motifs is 1. The second-order valence-electron chi connectivity index (χ2n) is 5.97. The van der Waals surface area contributed by atoms with E-state index in [0.717, 1.165) is 25.9 Å². The average Bonchev–Trinajstić information content (AvgIpc) is 2.82. The van der Waals surface area contributed by atoms with Crippen molar-refractivity contribution in [3.05, 3.63) is 29.8 Å². The highest BCUT2D eigenvalue weighted by Crippen LogP contribution is 2.37. The van der Waals surface area contributed by atoms with Crippen LogP contribution in [0.5, 0.6) is 0 Å². The molecule has 0 bridgehead atoms. The molecular weight excluding hydrogens is 268 g/mol. The number of nitrogens with two attached hydrogens (primary N) is 1. The van der Waals surface area contributed by atoms with Gasteiger partial charge >= 0.3 is 0 Å². The van der Waals surface area contributed by atoms with Crippen LogP contribution in [0.1, 0.15) is 24.8 Å². The second kappa shape index (κ2) is 6.19. The fourth-order valence-electron chi connectivity index (χ4n) is 3.30. The van der Waals surface area contributed by atoms with Crippen LogP contribution in [-0.4, -0.2) is 35.7 Å². The number of amides is 1. The van der Waals surface area contributed by atoms with E-state index in [0.29, 0.717) is 17.6 Å². The Labute approximate surface area is 124 Å². The quantitative estimate of drug-likeness (QED) is 0.925. The monoisotopic (exact) mass is 290 g/mol. The summed E-state index contributed by atoms with van der Waals surface area (Å²) in [5, 5.41) is 0.695. The normalized spacial score (nSPS) is 23.7. The molecule has 3 nitrogen and oxygen atoms in total. The fourth-order valence-corrected chi connectivity index (χ4v) is 4.67. The molecule has 2 N–H and O–H groups in total. The maximum atomic E-state index is 11.0. The summed E-state index contributed by atoms with van der Waals surface area (Å²) >= 11 is 2.03. The molecule has 2 heterocycles. The van der Waals surface area contributed by atoms with Crippen LogP contribution >= 0.6 is 11.8 Å². The standard InChI is InChI=1S/C16H22N2OS/c17-16(19)9-12-5-7-18(8-6-12)11-14-10-13-3-1-2-4-15(13)20-14/h1-4,12,14H,5-11H2,(H2,17,19). The molecule has 1 aromatic rings. The van der Waals surface area contributed by atoms with Gasteiger partial charge in [-0.25, -0.2) is 0 Å². The topological polar surface area (TPSA) is 46.3 Å². The molecule has 1 saturated heterocycles. The summed E-state index contributed by atoms with van der Waals surface area (Å²) in [6, 6.07) is 8.75. The predicted octanol–water partition coefficient (Wildman–Crippen LogP) is 2.29. The van der Waals surface area contributed by atoms with Crippen molar-refractivity contribution in [3.63, 3.8) is 0 Å². The summed E-state index contributed by atoms with van der Waals surface area (Å²) in [5.74, 6) is 0.363. The molecule has 0 aliphatic carbocycles. The summed E-state index contributed by atoms with van der Waals surface area (Å²) < 4.78 is 0. The Hall–Kier alpha value is -1.00. The highest BCUT2D eigenvalue weighted by atomic mass is 32.2. The van der Waals surface area contributed by atoms with Crippen molar-refractivity contribution in [1.29, 1.82) is 0 Å². The number of likely N-dealkylation sites (tertiary alicyclic amines) is 1. The Morgan fingerprint density at radius 3 is 2.75 bits per heavy atom. The van der Waals surface area contributed by atoms with E-state index < -0.39 is 0 Å². The van der Waals surface area contributed by atoms with Crippen molar-refractivity contribution in [1.82, 2.24) is 4.90 Å². The van der Waals surface area contributed by atoms with E-state index in [1.807, 2.05) is 11.8 Å². The lowest BCUT2D eigenvalue weighted by Crippen LogP contribution is -2.38. The summed E-state index contributed by atoms with van der Waals surface area (Å²) in [6.45, 7) is 3.40. The molecule has 108 valence electrons. The zero-order valence-corrected chi connectivity index (χ0v) is 12.6. The van der Waals surface area contributed by atoms with Crippen LogP contribution in [0, 0.1) is 5.92 Å². The van der Waals surface area contributed by atoms with E-state index in [-0.39, 0.29) is 5.91 Å². The number of nitrogens with zero attached hydrogens (tertiary/aromatic N) is 1. The zero-order valence-electron chi connectivity index (χ0n) is 11.8. The minimum absolute atomic E-state index is 0.148. The SMILES string of the molecule is NC(=O)CC1CCN(CC2Cc3ccccc3S2)CC1. The van der Waals surface area contributed by atoms with Gasteiger partial charge in [0.25, 0.3) is 0 Å². The van der Waals surface area contributed by atoms with Gasteiger partial charge in [0.2, 0.25) is 5.91 Å². The predicted molar refractivity (Wildman–Crippen MR) is 82.8 cm³/mol. The number of carbonyl (C=O) groups excluding carboxylic acids is 1. The van der Waals surface area contributed by atoms with E-state index in [4.69, 9.17) is 5.73 Å². The number of primary amides is 1. The van der Waals surface area contributed by atoms with Crippen molar-refractivity contribution < 1.29 is 4.79 Å². The van der Waals surface area contributed by atoms with Crippen LogP contribution in [0.4, 0.5) is 0 Å². The van der Waals surface area contributed by atoms with Gasteiger partial charge in [-0.2, -0.15) is 0 Å². The van der Waals surface area contributed by atoms with E-state index in [2.05, 4.69) is 29.2 Å². The first-order chi connectivity index (χ1) is 9.70. The minimum Gasteiger partial charge on any atom is -0.370 e. The lowest BCUT2D eigenvalue weighted by molar-refractivity contribution is -0.119. The number of rotatable bonds is 4. The zero-order chi connectivity index (χ0) is 13.9. The van der Waals surface area contributed by atoms with Crippen molar-refractivity contribution in [3.8, 4) is 0 Å². The largest absolute Gasteiger partial charge is 0.370 e. The molecule has 2 aliphatic rings. The van der Waals surface area contributed by atoms with Crippen LogP contribution in [0.2, 0.25) is 0 Å². The summed E-state index contributed by atoms with van der Waals surface area (Å²) in [4.78, 5) is 15.0. The van der Waals surface area contributed by atoms with Crippen molar-refractivity contribution in [2.75, 3.05) is 19.6 Å². The molecule has 4 heteroatoms. The Morgan fingerprint density at radius 1 is 1.30 bits per heavy atom. The summed E-state index contributed by atoms with van der Waals surface area (Å²) in [6.07, 6.45) is 4.00. The number of thioether (sulfide) groups is 1. The third-order valence-corrected chi connectivity index (χ3v) is 5.67. The van der Waals surface area contributed by atoms with Crippen molar-refractivity contribution >= 4 is 17.7 Å². The number of hydrogen-bond donors (Lipinski definition) is 1. The second-order valence-corrected chi connectivity index (χ2v) is 7.31. The van der Waals surface area contributed by atoms with E-state index >= 15 is 0 Å². The lowest BCUT2D eigenvalue weighted by Gasteiger charge is -2.32. The molecule has 0 saturated carbocycles. The minimum atomic E-state index is -0.148. The molecule has 1 unspecified atom stereocenters. The summed E-state index contributed by atoms with van der Waals surface area (Å²) in [7, 11) is 0. The van der Waals surface area contributed by atoms with Crippen LogP contribution < -0.4 is 5.73 Å². The Balaban J connectivity index is 1.46. The van der Waals surface area contributed by atoms with Crippen LogP contribution in [-0.2, 0) is 11.2 Å². The summed E-state index contributed by atoms with van der Waals surface area (Å²) in [5.41, 5.74) is 6.79. The fraction of sp³-hybridized carbons (Fsp3) is 0.562. The Kier molecular flexibility index (Phi) is 4.32. The molecule has 0 spiro atoms. The third kappa shape index (κ3) is 3.36. The number of piperidine rings is 1. The molecule has 0 aromatic heterocycles. The van der Waals surface area contributed by atoms with Gasteiger partial charge in [0.15, 0.2) is 0 Å². The van der Waals surface area contributed by atoms with Gasteiger partial charge in [0.1, 0.15) is 0 Å². The maximum Gasteiger partial charge on any atom is 0.217 e. The number of benzene rings is 1. The maximum absolute atomic E-state index is 11.0. The number of hydrogen-bond acceptors (Lipinski definition) is 3. The molecule has 1 atom stereocenters. The van der Waals surface area contributed by atoms with Crippen LogP contribution in [0.25, 0.3) is 0 Å². The van der Waals surface area contributed by atoms with Crippen LogP contribution in [0.15, 0.2) is 29.2 Å². The lowest BCUT2D eigenvalue weighted by atomic mass is 9.93. The first-order valence-corrected chi connectivity index (χ1v) is 8.34. The van der Waals surface area contributed by atoms with E-state index in [1.165, 1.54) is 23.4 Å².